The third kappa shape index (κ3) is 4.45. The van der Waals surface area contributed by atoms with Crippen molar-refractivity contribution < 1.29 is 9.85 Å². The molecule has 17 heavy (non-hydrogen) atoms. The first kappa shape index (κ1) is 12.9. The number of rotatable bonds is 6. The van der Waals surface area contributed by atoms with Crippen LogP contribution in [0, 0.1) is 20.2 Å². The van der Waals surface area contributed by atoms with Gasteiger partial charge in [0.15, 0.2) is 0 Å². The van der Waals surface area contributed by atoms with Gasteiger partial charge in [0.2, 0.25) is 13.1 Å². The minimum atomic E-state index is -0.414. The third-order valence-electron chi connectivity index (χ3n) is 2.35. The highest BCUT2D eigenvalue weighted by molar-refractivity contribution is 5.48. The second-order valence-corrected chi connectivity index (χ2v) is 3.65. The average molecular weight is 239 g/mol. The largest absolute Gasteiger partial charge is 0.399 e. The van der Waals surface area contributed by atoms with Gasteiger partial charge in [0, 0.05) is 28.4 Å². The quantitative estimate of drug-likeness (QED) is 0.450. The molecule has 0 atom stereocenters. The molecule has 92 valence electrons. The van der Waals surface area contributed by atoms with Crippen LogP contribution in [0.3, 0.4) is 0 Å². The summed E-state index contributed by atoms with van der Waals surface area (Å²) in [6.45, 7) is -0.346. The lowest BCUT2D eigenvalue weighted by molar-refractivity contribution is -0.479. The van der Waals surface area contributed by atoms with Crippen molar-refractivity contribution in [3.8, 4) is 0 Å². The molecule has 0 aliphatic rings. The van der Waals surface area contributed by atoms with Gasteiger partial charge in [0.05, 0.1) is 0 Å². The Labute approximate surface area is 97.5 Å². The van der Waals surface area contributed by atoms with E-state index < -0.39 is 9.85 Å². The molecule has 1 aromatic carbocycles. The predicted molar refractivity (Wildman–Crippen MR) is 62.0 cm³/mol. The van der Waals surface area contributed by atoms with Crippen LogP contribution in [0.4, 0.5) is 5.69 Å². The van der Waals surface area contributed by atoms with Crippen LogP contribution in [0.25, 0.3) is 0 Å². The summed E-state index contributed by atoms with van der Waals surface area (Å²) >= 11 is 0. The van der Waals surface area contributed by atoms with Crippen molar-refractivity contribution >= 4 is 5.69 Å². The van der Waals surface area contributed by atoms with E-state index >= 15 is 0 Å². The molecule has 1 rings (SSSR count). The monoisotopic (exact) mass is 239 g/mol. The maximum Gasteiger partial charge on any atom is 0.207 e. The minimum Gasteiger partial charge on any atom is -0.399 e. The van der Waals surface area contributed by atoms with Gasteiger partial charge in [-0.1, -0.05) is 12.1 Å². The van der Waals surface area contributed by atoms with Crippen molar-refractivity contribution in [2.75, 3.05) is 18.8 Å². The fourth-order valence-corrected chi connectivity index (χ4v) is 1.46. The fourth-order valence-electron chi connectivity index (χ4n) is 1.46. The van der Waals surface area contributed by atoms with Gasteiger partial charge in [-0.3, -0.25) is 20.2 Å². The Morgan fingerprint density at radius 3 is 2.24 bits per heavy atom. The number of anilines is 1. The highest BCUT2D eigenvalue weighted by Gasteiger charge is 2.07. The Bertz CT molecular complexity index is 434. The Balaban J connectivity index is 2.71. The molecule has 0 aliphatic heterocycles. The molecule has 0 radical (unpaired) electrons. The Hall–Kier alpha value is -2.18. The first-order valence-electron chi connectivity index (χ1n) is 5.10. The number of nitrogens with zero attached hydrogens (tertiary/aromatic N) is 2. The van der Waals surface area contributed by atoms with Crippen LogP contribution in [0.2, 0.25) is 0 Å². The number of nitrogen functional groups attached to an aromatic ring is 1. The van der Waals surface area contributed by atoms with Crippen molar-refractivity contribution in [1.29, 1.82) is 0 Å². The molecule has 0 saturated heterocycles. The molecular formula is C10H13N3O4. The summed E-state index contributed by atoms with van der Waals surface area (Å²) in [5, 5.41) is 20.5. The van der Waals surface area contributed by atoms with Crippen LogP contribution in [-0.4, -0.2) is 22.9 Å². The summed E-state index contributed by atoms with van der Waals surface area (Å²) in [6, 6.07) is 5.03. The maximum atomic E-state index is 10.3. The molecule has 0 heterocycles. The summed E-state index contributed by atoms with van der Waals surface area (Å²) < 4.78 is 0. The normalized spacial score (nSPS) is 10.1. The highest BCUT2D eigenvalue weighted by atomic mass is 16.6. The van der Waals surface area contributed by atoms with Crippen molar-refractivity contribution in [2.24, 2.45) is 0 Å². The van der Waals surface area contributed by atoms with Gasteiger partial charge in [-0.15, -0.1) is 0 Å². The molecule has 0 unspecified atom stereocenters. The minimum absolute atomic E-state index is 0.154. The van der Waals surface area contributed by atoms with Crippen LogP contribution < -0.4 is 5.73 Å². The van der Waals surface area contributed by atoms with E-state index in [0.717, 1.165) is 5.56 Å². The van der Waals surface area contributed by atoms with E-state index in [4.69, 9.17) is 5.73 Å². The Morgan fingerprint density at radius 2 is 1.65 bits per heavy atom. The van der Waals surface area contributed by atoms with E-state index in [-0.39, 0.29) is 19.5 Å². The first-order chi connectivity index (χ1) is 7.99. The molecule has 0 spiro atoms. The second kappa shape index (κ2) is 5.78. The first-order valence-corrected chi connectivity index (χ1v) is 5.10. The van der Waals surface area contributed by atoms with Gasteiger partial charge in [-0.05, 0) is 17.2 Å². The van der Waals surface area contributed by atoms with Crippen LogP contribution in [-0.2, 0) is 12.8 Å². The predicted octanol–water partition coefficient (Wildman–Crippen LogP) is 0.907. The van der Waals surface area contributed by atoms with E-state index in [9.17, 15) is 20.2 Å². The molecular weight excluding hydrogens is 226 g/mol. The molecule has 0 amide bonds. The molecule has 0 saturated carbocycles. The number of hydrogen-bond acceptors (Lipinski definition) is 5. The van der Waals surface area contributed by atoms with E-state index in [1.54, 1.807) is 18.2 Å². The smallest absolute Gasteiger partial charge is 0.207 e. The average Bonchev–Trinajstić information content (AvgIpc) is 2.26. The maximum absolute atomic E-state index is 10.3. The zero-order valence-corrected chi connectivity index (χ0v) is 9.17. The molecule has 0 aliphatic carbocycles. The van der Waals surface area contributed by atoms with Crippen molar-refractivity contribution in [3.05, 3.63) is 49.6 Å². The topological polar surface area (TPSA) is 112 Å². The fraction of sp³-hybridized carbons (Fsp3) is 0.400. The van der Waals surface area contributed by atoms with Gasteiger partial charge in [-0.25, -0.2) is 0 Å². The lowest BCUT2D eigenvalue weighted by Crippen LogP contribution is -2.08. The van der Waals surface area contributed by atoms with Crippen LogP contribution in [0.5, 0.6) is 0 Å². The molecule has 7 heteroatoms. The van der Waals surface area contributed by atoms with Gasteiger partial charge in [0.1, 0.15) is 0 Å². The summed E-state index contributed by atoms with van der Waals surface area (Å²) in [5.41, 5.74) is 7.60. The number of hydrogen-bond donors (Lipinski definition) is 1. The van der Waals surface area contributed by atoms with Crippen molar-refractivity contribution in [1.82, 2.24) is 0 Å². The zero-order chi connectivity index (χ0) is 12.8. The van der Waals surface area contributed by atoms with E-state index in [1.807, 2.05) is 0 Å². The Morgan fingerprint density at radius 1 is 1.06 bits per heavy atom. The van der Waals surface area contributed by atoms with Gasteiger partial charge in [-0.2, -0.15) is 0 Å². The zero-order valence-electron chi connectivity index (χ0n) is 9.17. The number of nitrogens with two attached hydrogens (primary N) is 1. The van der Waals surface area contributed by atoms with Gasteiger partial charge in [0.25, 0.3) is 0 Å². The molecule has 7 nitrogen and oxygen atoms in total. The van der Waals surface area contributed by atoms with Crippen LogP contribution >= 0.6 is 0 Å². The van der Waals surface area contributed by atoms with Crippen molar-refractivity contribution in [2.45, 2.75) is 12.8 Å². The highest BCUT2D eigenvalue weighted by Crippen LogP contribution is 2.15. The standard InChI is InChI=1S/C10H13N3O4/c11-10-2-1-8(3-5-12(14)15)7-9(10)4-6-13(16)17/h1-2,7H,3-6,11H2. The summed E-state index contributed by atoms with van der Waals surface area (Å²) in [6.07, 6.45) is 0.546. The molecule has 1 aromatic rings. The number of benzene rings is 1. The van der Waals surface area contributed by atoms with E-state index in [0.29, 0.717) is 17.7 Å². The van der Waals surface area contributed by atoms with Crippen LogP contribution in [0.15, 0.2) is 18.2 Å². The molecule has 0 aromatic heterocycles. The lowest BCUT2D eigenvalue weighted by atomic mass is 10.0. The summed E-state index contributed by atoms with van der Waals surface area (Å²) in [4.78, 5) is 19.7. The van der Waals surface area contributed by atoms with Crippen LogP contribution in [0.1, 0.15) is 11.1 Å². The summed E-state index contributed by atoms with van der Waals surface area (Å²) in [5.74, 6) is 0. The van der Waals surface area contributed by atoms with Crippen molar-refractivity contribution in [3.63, 3.8) is 0 Å². The molecule has 0 bridgehead atoms. The van der Waals surface area contributed by atoms with E-state index in [2.05, 4.69) is 0 Å². The Kier molecular flexibility index (Phi) is 4.38. The number of nitro groups is 2. The SMILES string of the molecule is Nc1ccc(CC[N+](=O)[O-])cc1CC[N+](=O)[O-]. The summed E-state index contributed by atoms with van der Waals surface area (Å²) in [7, 11) is 0. The van der Waals surface area contributed by atoms with E-state index in [1.165, 1.54) is 0 Å². The lowest BCUT2D eigenvalue weighted by Gasteiger charge is -2.05. The molecule has 0 fully saturated rings. The van der Waals surface area contributed by atoms with Gasteiger partial charge >= 0.3 is 0 Å². The second-order valence-electron chi connectivity index (χ2n) is 3.65. The third-order valence-corrected chi connectivity index (χ3v) is 2.35. The van der Waals surface area contributed by atoms with Gasteiger partial charge < -0.3 is 5.73 Å². The molecule has 2 N–H and O–H groups in total.